The minimum absolute atomic E-state index is 0.347. The highest BCUT2D eigenvalue weighted by Gasteiger charge is 2.42. The summed E-state index contributed by atoms with van der Waals surface area (Å²) in [5.41, 5.74) is 6.86. The second-order valence-electron chi connectivity index (χ2n) is 6.06. The Labute approximate surface area is 108 Å². The predicted octanol–water partition coefficient (Wildman–Crippen LogP) is 3.31. The van der Waals surface area contributed by atoms with E-state index in [0.29, 0.717) is 0 Å². The fourth-order valence-corrected chi connectivity index (χ4v) is 2.79. The Morgan fingerprint density at radius 2 is 1.72 bits per heavy atom. The largest absolute Gasteiger partial charge is 0.448 e. The summed E-state index contributed by atoms with van der Waals surface area (Å²) in [7, 11) is 0. The lowest BCUT2D eigenvalue weighted by molar-refractivity contribution is -0.105. The Bertz CT molecular complexity index is 456. The average Bonchev–Trinajstić information content (AvgIpc) is 2.65. The molecule has 1 spiro atoms. The molecule has 0 saturated heterocycles. The van der Waals surface area contributed by atoms with Crippen molar-refractivity contribution in [3.8, 4) is 11.5 Å². The monoisotopic (exact) mass is 247 g/mol. The van der Waals surface area contributed by atoms with Crippen LogP contribution in [0.4, 0.5) is 0 Å². The van der Waals surface area contributed by atoms with Crippen LogP contribution in [0.5, 0.6) is 11.5 Å². The Kier molecular flexibility index (Phi) is 2.56. The van der Waals surface area contributed by atoms with Gasteiger partial charge in [0.25, 0.3) is 5.79 Å². The molecule has 1 aliphatic heterocycles. The van der Waals surface area contributed by atoms with Gasteiger partial charge in [-0.05, 0) is 44.4 Å². The Balaban J connectivity index is 1.89. The Morgan fingerprint density at radius 3 is 2.39 bits per heavy atom. The van der Waals surface area contributed by atoms with E-state index in [0.717, 1.165) is 29.9 Å². The van der Waals surface area contributed by atoms with Crippen molar-refractivity contribution in [1.29, 1.82) is 0 Å². The molecule has 1 aromatic carbocycles. The molecule has 1 heterocycles. The van der Waals surface area contributed by atoms with Crippen LogP contribution in [0.3, 0.4) is 0 Å². The summed E-state index contributed by atoms with van der Waals surface area (Å²) in [6.07, 6.45) is 5.63. The Hall–Kier alpha value is -1.22. The second kappa shape index (κ2) is 3.89. The molecule has 1 aromatic rings. The predicted molar refractivity (Wildman–Crippen MR) is 70.7 cm³/mol. The van der Waals surface area contributed by atoms with Gasteiger partial charge in [0.15, 0.2) is 11.5 Å². The van der Waals surface area contributed by atoms with Crippen molar-refractivity contribution < 1.29 is 9.47 Å². The molecule has 0 bridgehead atoms. The van der Waals surface area contributed by atoms with Gasteiger partial charge >= 0.3 is 0 Å². The lowest BCUT2D eigenvalue weighted by Gasteiger charge is -2.31. The zero-order valence-electron chi connectivity index (χ0n) is 11.2. The molecule has 0 unspecified atom stereocenters. The fourth-order valence-electron chi connectivity index (χ4n) is 2.79. The van der Waals surface area contributed by atoms with E-state index in [-0.39, 0.29) is 5.54 Å². The summed E-state index contributed by atoms with van der Waals surface area (Å²) in [5.74, 6) is 1.33. The summed E-state index contributed by atoms with van der Waals surface area (Å²) in [6.45, 7) is 4.00. The first-order valence-electron chi connectivity index (χ1n) is 6.80. The summed E-state index contributed by atoms with van der Waals surface area (Å²) >= 11 is 0. The van der Waals surface area contributed by atoms with E-state index in [2.05, 4.69) is 0 Å². The summed E-state index contributed by atoms with van der Waals surface area (Å²) in [4.78, 5) is 0. The van der Waals surface area contributed by atoms with Gasteiger partial charge in [0, 0.05) is 18.4 Å². The molecule has 18 heavy (non-hydrogen) atoms. The van der Waals surface area contributed by atoms with Gasteiger partial charge < -0.3 is 15.2 Å². The zero-order chi connectivity index (χ0) is 12.8. The maximum Gasteiger partial charge on any atom is 0.251 e. The van der Waals surface area contributed by atoms with E-state index in [4.69, 9.17) is 15.2 Å². The van der Waals surface area contributed by atoms with E-state index < -0.39 is 5.79 Å². The van der Waals surface area contributed by atoms with Gasteiger partial charge in [0.2, 0.25) is 0 Å². The van der Waals surface area contributed by atoms with Crippen molar-refractivity contribution in [2.45, 2.75) is 57.3 Å². The SMILES string of the molecule is CC(C)(N)c1ccc2c(c1)OC1(CCCCC1)O2. The smallest absolute Gasteiger partial charge is 0.251 e. The number of ether oxygens (including phenoxy) is 2. The van der Waals surface area contributed by atoms with Crippen LogP contribution in [0.2, 0.25) is 0 Å². The number of benzene rings is 1. The second-order valence-corrected chi connectivity index (χ2v) is 6.06. The quantitative estimate of drug-likeness (QED) is 0.828. The summed E-state index contributed by atoms with van der Waals surface area (Å²) in [5, 5.41) is 0. The van der Waals surface area contributed by atoms with Crippen molar-refractivity contribution >= 4 is 0 Å². The number of hydrogen-bond donors (Lipinski definition) is 1. The maximum absolute atomic E-state index is 6.12. The first-order chi connectivity index (χ1) is 8.49. The van der Waals surface area contributed by atoms with Crippen molar-refractivity contribution in [2.24, 2.45) is 5.73 Å². The zero-order valence-corrected chi connectivity index (χ0v) is 11.2. The van der Waals surface area contributed by atoms with Crippen LogP contribution in [0, 0.1) is 0 Å². The van der Waals surface area contributed by atoms with Crippen molar-refractivity contribution in [1.82, 2.24) is 0 Å². The molecule has 1 fully saturated rings. The van der Waals surface area contributed by atoms with E-state index >= 15 is 0 Å². The number of rotatable bonds is 1. The summed E-state index contributed by atoms with van der Waals surface area (Å²) in [6, 6.07) is 6.05. The topological polar surface area (TPSA) is 44.5 Å². The van der Waals surface area contributed by atoms with Gasteiger partial charge in [0.05, 0.1) is 0 Å². The molecule has 0 aromatic heterocycles. The van der Waals surface area contributed by atoms with Gasteiger partial charge in [-0.3, -0.25) is 0 Å². The highest BCUT2D eigenvalue weighted by Crippen LogP contribution is 2.46. The molecule has 2 N–H and O–H groups in total. The number of nitrogens with two attached hydrogens (primary N) is 1. The van der Waals surface area contributed by atoms with Crippen LogP contribution < -0.4 is 15.2 Å². The van der Waals surface area contributed by atoms with Crippen LogP contribution in [-0.2, 0) is 5.54 Å². The van der Waals surface area contributed by atoms with Gasteiger partial charge in [-0.15, -0.1) is 0 Å². The molecule has 3 rings (SSSR count). The third kappa shape index (κ3) is 1.97. The van der Waals surface area contributed by atoms with Crippen molar-refractivity contribution in [2.75, 3.05) is 0 Å². The van der Waals surface area contributed by atoms with E-state index in [1.54, 1.807) is 0 Å². The summed E-state index contributed by atoms with van der Waals surface area (Å²) < 4.78 is 12.1. The molecule has 1 aliphatic carbocycles. The van der Waals surface area contributed by atoms with Crippen molar-refractivity contribution in [3.63, 3.8) is 0 Å². The lowest BCUT2D eigenvalue weighted by Crippen LogP contribution is -2.40. The van der Waals surface area contributed by atoms with Gasteiger partial charge in [-0.1, -0.05) is 12.5 Å². The van der Waals surface area contributed by atoms with E-state index in [1.165, 1.54) is 19.3 Å². The minimum Gasteiger partial charge on any atom is -0.448 e. The molecule has 3 nitrogen and oxygen atoms in total. The van der Waals surface area contributed by atoms with Crippen LogP contribution in [0.1, 0.15) is 51.5 Å². The molecule has 2 aliphatic rings. The van der Waals surface area contributed by atoms with E-state index in [1.807, 2.05) is 32.0 Å². The molecule has 0 amide bonds. The number of hydrogen-bond acceptors (Lipinski definition) is 3. The highest BCUT2D eigenvalue weighted by molar-refractivity contribution is 5.47. The normalized spacial score (nSPS) is 21.3. The van der Waals surface area contributed by atoms with Crippen LogP contribution in [0.15, 0.2) is 18.2 Å². The van der Waals surface area contributed by atoms with Gasteiger partial charge in [0.1, 0.15) is 0 Å². The van der Waals surface area contributed by atoms with Crippen LogP contribution >= 0.6 is 0 Å². The first-order valence-corrected chi connectivity index (χ1v) is 6.80. The highest BCUT2D eigenvalue weighted by atomic mass is 16.7. The molecular formula is C15H21NO2. The maximum atomic E-state index is 6.12. The standard InChI is InChI=1S/C15H21NO2/c1-14(2,16)11-6-7-12-13(10-11)18-15(17-12)8-4-3-5-9-15/h6-7,10H,3-5,8-9,16H2,1-2H3. The van der Waals surface area contributed by atoms with E-state index in [9.17, 15) is 0 Å². The fraction of sp³-hybridized carbons (Fsp3) is 0.600. The molecule has 1 saturated carbocycles. The van der Waals surface area contributed by atoms with Gasteiger partial charge in [-0.2, -0.15) is 0 Å². The molecule has 0 atom stereocenters. The average molecular weight is 247 g/mol. The van der Waals surface area contributed by atoms with Gasteiger partial charge in [-0.25, -0.2) is 0 Å². The van der Waals surface area contributed by atoms with Crippen LogP contribution in [-0.4, -0.2) is 5.79 Å². The minimum atomic E-state index is -0.391. The third-order valence-electron chi connectivity index (χ3n) is 3.90. The molecule has 0 radical (unpaired) electrons. The molecule has 3 heteroatoms. The molecular weight excluding hydrogens is 226 g/mol. The third-order valence-corrected chi connectivity index (χ3v) is 3.90. The number of fused-ring (bicyclic) bond motifs is 1. The lowest BCUT2D eigenvalue weighted by atomic mass is 9.94. The first kappa shape index (κ1) is 11.8. The van der Waals surface area contributed by atoms with Crippen molar-refractivity contribution in [3.05, 3.63) is 23.8 Å². The Morgan fingerprint density at radius 1 is 1.06 bits per heavy atom. The molecule has 98 valence electrons. The van der Waals surface area contributed by atoms with Crippen LogP contribution in [0.25, 0.3) is 0 Å².